The highest BCUT2D eigenvalue weighted by molar-refractivity contribution is 5.85. The molecule has 0 radical (unpaired) electrons. The monoisotopic (exact) mass is 471 g/mol. The minimum Gasteiger partial charge on any atom is -0.393 e. The summed E-state index contributed by atoms with van der Waals surface area (Å²) in [7, 11) is 1.80. The minimum atomic E-state index is -0.353. The van der Waals surface area contributed by atoms with Crippen molar-refractivity contribution in [1.82, 2.24) is 10.2 Å². The number of oxime groups is 1. The molecule has 5 aliphatic rings. The number of hydrogen-bond acceptors (Lipinski definition) is 5. The summed E-state index contributed by atoms with van der Waals surface area (Å²) in [5.41, 5.74) is 3.03. The van der Waals surface area contributed by atoms with E-state index in [9.17, 15) is 9.90 Å². The Kier molecular flexibility index (Phi) is 6.60. The van der Waals surface area contributed by atoms with E-state index in [4.69, 9.17) is 4.84 Å². The Morgan fingerprint density at radius 2 is 2.03 bits per heavy atom. The molecule has 6 heteroatoms. The lowest BCUT2D eigenvalue weighted by Crippen LogP contribution is -2.50. The summed E-state index contributed by atoms with van der Waals surface area (Å²) in [6.07, 6.45) is 13.3. The van der Waals surface area contributed by atoms with Crippen LogP contribution in [0.1, 0.15) is 85.0 Å². The SMILES string of the molecule is C/C(=N\OC(=O)N(C)C[C@@H]1CCCN1)[C@H]1CC[C@H]2[C@@H]3CC=C4C[C@@H](O)CC[C@]4(C)[C@H]3CC[C@]12C. The topological polar surface area (TPSA) is 74.2 Å². The zero-order chi connectivity index (χ0) is 24.1. The molecule has 1 saturated heterocycles. The molecule has 0 aromatic heterocycles. The quantitative estimate of drug-likeness (QED) is 0.258. The predicted molar refractivity (Wildman–Crippen MR) is 134 cm³/mol. The Labute approximate surface area is 205 Å². The Bertz CT molecular complexity index is 850. The second-order valence-corrected chi connectivity index (χ2v) is 12.6. The molecule has 3 saturated carbocycles. The van der Waals surface area contributed by atoms with Crippen LogP contribution in [0.3, 0.4) is 0 Å². The summed E-state index contributed by atoms with van der Waals surface area (Å²) in [6.45, 7) is 8.74. The Morgan fingerprint density at radius 3 is 2.79 bits per heavy atom. The summed E-state index contributed by atoms with van der Waals surface area (Å²) in [5, 5.41) is 18.1. The molecule has 2 N–H and O–H groups in total. The van der Waals surface area contributed by atoms with Gasteiger partial charge < -0.3 is 15.3 Å². The van der Waals surface area contributed by atoms with Gasteiger partial charge in [0.25, 0.3) is 0 Å². The summed E-state index contributed by atoms with van der Waals surface area (Å²) < 4.78 is 0. The van der Waals surface area contributed by atoms with Gasteiger partial charge in [0.15, 0.2) is 0 Å². The van der Waals surface area contributed by atoms with Crippen LogP contribution in [0.5, 0.6) is 0 Å². The molecule has 0 bridgehead atoms. The van der Waals surface area contributed by atoms with E-state index >= 15 is 0 Å². The van der Waals surface area contributed by atoms with Gasteiger partial charge in [-0.2, -0.15) is 0 Å². The van der Waals surface area contributed by atoms with E-state index in [1.165, 1.54) is 37.7 Å². The van der Waals surface area contributed by atoms with Crippen molar-refractivity contribution in [3.63, 3.8) is 0 Å². The van der Waals surface area contributed by atoms with Gasteiger partial charge in [-0.15, -0.1) is 0 Å². The summed E-state index contributed by atoms with van der Waals surface area (Å²) in [6, 6.07) is 0.367. The average molecular weight is 472 g/mol. The maximum Gasteiger partial charge on any atom is 0.435 e. The number of amides is 1. The van der Waals surface area contributed by atoms with Crippen LogP contribution in [-0.4, -0.2) is 54.1 Å². The number of fused-ring (bicyclic) bond motifs is 5. The zero-order valence-electron chi connectivity index (χ0n) is 21.7. The van der Waals surface area contributed by atoms with E-state index < -0.39 is 0 Å². The highest BCUT2D eigenvalue weighted by atomic mass is 16.7. The first kappa shape index (κ1) is 24.3. The second-order valence-electron chi connectivity index (χ2n) is 12.6. The molecule has 4 fully saturated rings. The van der Waals surface area contributed by atoms with Crippen LogP contribution in [0.2, 0.25) is 0 Å². The van der Waals surface area contributed by atoms with Crippen molar-refractivity contribution in [2.24, 2.45) is 39.7 Å². The van der Waals surface area contributed by atoms with Gasteiger partial charge in [-0.1, -0.05) is 30.7 Å². The molecule has 8 atom stereocenters. The number of likely N-dealkylation sites (N-methyl/N-ethyl adjacent to an activating group) is 1. The van der Waals surface area contributed by atoms with Gasteiger partial charge in [0.1, 0.15) is 0 Å². The number of carbonyl (C=O) groups excluding carboxylic acids is 1. The number of aliphatic hydroxyl groups excluding tert-OH is 1. The molecular formula is C28H45N3O3. The van der Waals surface area contributed by atoms with Crippen LogP contribution in [0, 0.1) is 34.5 Å². The van der Waals surface area contributed by atoms with Crippen LogP contribution in [0.25, 0.3) is 0 Å². The van der Waals surface area contributed by atoms with E-state index in [1.807, 2.05) is 0 Å². The van der Waals surface area contributed by atoms with E-state index in [0.29, 0.717) is 24.4 Å². The molecule has 5 rings (SSSR count). The third kappa shape index (κ3) is 4.13. The van der Waals surface area contributed by atoms with Crippen LogP contribution < -0.4 is 5.32 Å². The van der Waals surface area contributed by atoms with Gasteiger partial charge in [-0.3, -0.25) is 4.84 Å². The number of rotatable bonds is 4. The molecule has 34 heavy (non-hydrogen) atoms. The molecule has 1 heterocycles. The fourth-order valence-corrected chi connectivity index (χ4v) is 8.89. The lowest BCUT2D eigenvalue weighted by atomic mass is 9.47. The van der Waals surface area contributed by atoms with Gasteiger partial charge in [0.2, 0.25) is 0 Å². The van der Waals surface area contributed by atoms with Crippen molar-refractivity contribution < 1.29 is 14.7 Å². The molecule has 6 nitrogen and oxygen atoms in total. The molecule has 0 unspecified atom stereocenters. The Balaban J connectivity index is 1.25. The molecule has 190 valence electrons. The van der Waals surface area contributed by atoms with Crippen molar-refractivity contribution in [2.75, 3.05) is 20.1 Å². The number of nitrogens with zero attached hydrogens (tertiary/aromatic N) is 2. The van der Waals surface area contributed by atoms with Crippen molar-refractivity contribution in [1.29, 1.82) is 0 Å². The van der Waals surface area contributed by atoms with E-state index in [1.54, 1.807) is 11.9 Å². The molecule has 4 aliphatic carbocycles. The van der Waals surface area contributed by atoms with Crippen molar-refractivity contribution in [3.8, 4) is 0 Å². The number of hydrogen-bond donors (Lipinski definition) is 2. The number of aliphatic hydroxyl groups is 1. The molecule has 1 aliphatic heterocycles. The van der Waals surface area contributed by atoms with Crippen molar-refractivity contribution in [2.45, 2.75) is 97.1 Å². The second kappa shape index (κ2) is 9.24. The summed E-state index contributed by atoms with van der Waals surface area (Å²) in [4.78, 5) is 19.6. The van der Waals surface area contributed by atoms with Crippen LogP contribution in [0.15, 0.2) is 16.8 Å². The lowest BCUT2D eigenvalue weighted by molar-refractivity contribution is -0.0426. The Hall–Kier alpha value is -1.40. The smallest absolute Gasteiger partial charge is 0.393 e. The summed E-state index contributed by atoms with van der Waals surface area (Å²) in [5.74, 6) is 2.56. The van der Waals surface area contributed by atoms with Gasteiger partial charge in [0, 0.05) is 25.6 Å². The summed E-state index contributed by atoms with van der Waals surface area (Å²) >= 11 is 0. The fourth-order valence-electron chi connectivity index (χ4n) is 8.89. The van der Waals surface area contributed by atoms with Gasteiger partial charge in [-0.05, 0) is 106 Å². The minimum absolute atomic E-state index is 0.143. The first-order valence-corrected chi connectivity index (χ1v) is 13.8. The molecule has 1 amide bonds. The van der Waals surface area contributed by atoms with Crippen LogP contribution >= 0.6 is 0 Å². The highest BCUT2D eigenvalue weighted by Gasteiger charge is 2.59. The third-order valence-corrected chi connectivity index (χ3v) is 10.8. The lowest BCUT2D eigenvalue weighted by Gasteiger charge is -2.58. The molecule has 0 aromatic rings. The number of allylic oxidation sites excluding steroid dienone is 1. The van der Waals surface area contributed by atoms with Crippen molar-refractivity contribution >= 4 is 11.8 Å². The van der Waals surface area contributed by atoms with Gasteiger partial charge in [0.05, 0.1) is 11.8 Å². The van der Waals surface area contributed by atoms with E-state index in [-0.39, 0.29) is 23.0 Å². The predicted octanol–water partition coefficient (Wildman–Crippen LogP) is 5.12. The number of carbonyl (C=O) groups is 1. The van der Waals surface area contributed by atoms with Crippen LogP contribution in [-0.2, 0) is 4.84 Å². The molecule has 0 spiro atoms. The average Bonchev–Trinajstić information content (AvgIpc) is 3.44. The first-order valence-electron chi connectivity index (χ1n) is 13.8. The number of nitrogens with one attached hydrogen (secondary N) is 1. The molecular weight excluding hydrogens is 426 g/mol. The van der Waals surface area contributed by atoms with E-state index in [2.05, 4.69) is 37.3 Å². The fraction of sp³-hybridized carbons (Fsp3) is 0.857. The highest BCUT2D eigenvalue weighted by Crippen LogP contribution is 2.66. The normalized spacial score (nSPS) is 44.0. The Morgan fingerprint density at radius 1 is 1.21 bits per heavy atom. The van der Waals surface area contributed by atoms with Gasteiger partial charge in [-0.25, -0.2) is 4.79 Å². The van der Waals surface area contributed by atoms with E-state index in [0.717, 1.165) is 56.2 Å². The molecule has 0 aromatic carbocycles. The largest absolute Gasteiger partial charge is 0.435 e. The maximum absolute atomic E-state index is 12.5. The standard InChI is InChI=1S/C28H45N3O3/c1-18(30-34-26(33)31(4)17-20-6-5-15-29-20)23-9-10-24-22-8-7-19-16-21(32)11-13-27(19,2)25(22)12-14-28(23,24)3/h7,20-25,29,32H,5-6,8-17H2,1-4H3/b30-18+/t20-,21-,22-,23+,24-,25-,27-,28+/m0/s1. The third-order valence-electron chi connectivity index (χ3n) is 10.8. The van der Waals surface area contributed by atoms with Crippen LogP contribution in [0.4, 0.5) is 4.79 Å². The van der Waals surface area contributed by atoms with Crippen molar-refractivity contribution in [3.05, 3.63) is 11.6 Å². The zero-order valence-corrected chi connectivity index (χ0v) is 21.7. The van der Waals surface area contributed by atoms with Gasteiger partial charge >= 0.3 is 6.09 Å². The maximum atomic E-state index is 12.5. The first-order chi connectivity index (χ1) is 16.2.